The van der Waals surface area contributed by atoms with Crippen molar-refractivity contribution in [2.75, 3.05) is 43.1 Å². The molecule has 1 aliphatic rings. The first kappa shape index (κ1) is 17.7. The number of hydrogen-bond donors (Lipinski definition) is 1. The van der Waals surface area contributed by atoms with Gasteiger partial charge < -0.3 is 19.7 Å². The minimum atomic E-state index is -0.550. The summed E-state index contributed by atoms with van der Waals surface area (Å²) < 4.78 is 10.2. The third-order valence-electron chi connectivity index (χ3n) is 3.41. The minimum absolute atomic E-state index is 0.315. The number of ether oxygens (including phenoxy) is 2. The van der Waals surface area contributed by atoms with Crippen LogP contribution in [0.15, 0.2) is 48.6 Å². The fourth-order valence-corrected chi connectivity index (χ4v) is 2.20. The van der Waals surface area contributed by atoms with E-state index in [9.17, 15) is 9.59 Å². The molecule has 1 heterocycles. The van der Waals surface area contributed by atoms with E-state index < -0.39 is 5.97 Å². The number of rotatable bonds is 6. The molecule has 1 aromatic carbocycles. The molecule has 0 spiro atoms. The van der Waals surface area contributed by atoms with Gasteiger partial charge in [-0.2, -0.15) is 0 Å². The van der Waals surface area contributed by atoms with Gasteiger partial charge in [0.2, 0.25) is 0 Å². The van der Waals surface area contributed by atoms with Gasteiger partial charge in [-0.3, -0.25) is 4.79 Å². The lowest BCUT2D eigenvalue weighted by Gasteiger charge is -2.28. The van der Waals surface area contributed by atoms with Gasteiger partial charge in [-0.15, -0.1) is 0 Å². The number of amides is 1. The van der Waals surface area contributed by atoms with Gasteiger partial charge in [0, 0.05) is 30.5 Å². The molecule has 1 fully saturated rings. The monoisotopic (exact) mass is 330 g/mol. The Kier molecular flexibility index (Phi) is 7.04. The average molecular weight is 330 g/mol. The van der Waals surface area contributed by atoms with E-state index in [-0.39, 0.29) is 12.5 Å². The Morgan fingerprint density at radius 2 is 1.92 bits per heavy atom. The lowest BCUT2D eigenvalue weighted by molar-refractivity contribution is -0.142. The number of carbonyl (C=O) groups excluding carboxylic acids is 2. The van der Waals surface area contributed by atoms with E-state index >= 15 is 0 Å². The Hall–Kier alpha value is -2.60. The summed E-state index contributed by atoms with van der Waals surface area (Å²) in [7, 11) is 0. The molecular weight excluding hydrogens is 308 g/mol. The zero-order chi connectivity index (χ0) is 17.2. The standard InChI is InChI=1S/C18H22N2O4/c1-2-3-4-5-18(22)24-14-17(21)19-15-6-8-16(9-7-15)20-10-12-23-13-11-20/h2-9H,10-14H2,1H3,(H,19,21)/b3-2+,5-4+. The second-order valence-corrected chi connectivity index (χ2v) is 5.19. The summed E-state index contributed by atoms with van der Waals surface area (Å²) in [6.07, 6.45) is 6.32. The van der Waals surface area contributed by atoms with Crippen LogP contribution >= 0.6 is 0 Å². The number of anilines is 2. The van der Waals surface area contributed by atoms with Crippen LogP contribution < -0.4 is 10.2 Å². The second-order valence-electron chi connectivity index (χ2n) is 5.19. The largest absolute Gasteiger partial charge is 0.452 e. The summed E-state index contributed by atoms with van der Waals surface area (Å²) in [5.74, 6) is -0.923. The van der Waals surface area contributed by atoms with Gasteiger partial charge in [0.1, 0.15) is 0 Å². The van der Waals surface area contributed by atoms with E-state index in [2.05, 4.69) is 10.2 Å². The van der Waals surface area contributed by atoms with E-state index in [4.69, 9.17) is 9.47 Å². The van der Waals surface area contributed by atoms with Gasteiger partial charge in [0.15, 0.2) is 6.61 Å². The second kappa shape index (κ2) is 9.52. The molecule has 1 aromatic rings. The van der Waals surface area contributed by atoms with Crippen LogP contribution in [0.5, 0.6) is 0 Å². The third-order valence-corrected chi connectivity index (χ3v) is 3.41. The first-order chi connectivity index (χ1) is 11.7. The molecule has 1 N–H and O–H groups in total. The first-order valence-corrected chi connectivity index (χ1v) is 7.88. The Morgan fingerprint density at radius 1 is 1.21 bits per heavy atom. The molecule has 0 atom stereocenters. The summed E-state index contributed by atoms with van der Waals surface area (Å²) in [4.78, 5) is 25.4. The van der Waals surface area contributed by atoms with E-state index in [1.807, 2.05) is 31.2 Å². The predicted octanol–water partition coefficient (Wildman–Crippen LogP) is 2.14. The van der Waals surface area contributed by atoms with E-state index in [1.54, 1.807) is 18.2 Å². The van der Waals surface area contributed by atoms with Crippen molar-refractivity contribution in [3.8, 4) is 0 Å². The molecule has 1 aliphatic heterocycles. The molecule has 0 unspecified atom stereocenters. The lowest BCUT2D eigenvalue weighted by atomic mass is 10.2. The highest BCUT2D eigenvalue weighted by atomic mass is 16.5. The first-order valence-electron chi connectivity index (χ1n) is 7.88. The lowest BCUT2D eigenvalue weighted by Crippen LogP contribution is -2.36. The van der Waals surface area contributed by atoms with Gasteiger partial charge >= 0.3 is 5.97 Å². The van der Waals surface area contributed by atoms with Gasteiger partial charge in [-0.1, -0.05) is 18.2 Å². The minimum Gasteiger partial charge on any atom is -0.452 e. The van der Waals surface area contributed by atoms with Crippen LogP contribution in [0, 0.1) is 0 Å². The number of carbonyl (C=O) groups is 2. The molecule has 0 bridgehead atoms. The molecule has 0 radical (unpaired) electrons. The maximum absolute atomic E-state index is 11.8. The van der Waals surface area contributed by atoms with Crippen molar-refractivity contribution in [3.63, 3.8) is 0 Å². The molecule has 0 aliphatic carbocycles. The van der Waals surface area contributed by atoms with Crippen molar-refractivity contribution < 1.29 is 19.1 Å². The van der Waals surface area contributed by atoms with E-state index in [0.29, 0.717) is 5.69 Å². The topological polar surface area (TPSA) is 67.9 Å². The van der Waals surface area contributed by atoms with Gasteiger partial charge in [-0.25, -0.2) is 4.79 Å². The van der Waals surface area contributed by atoms with Crippen molar-refractivity contribution in [1.29, 1.82) is 0 Å². The highest BCUT2D eigenvalue weighted by Crippen LogP contribution is 2.18. The fraction of sp³-hybridized carbons (Fsp3) is 0.333. The summed E-state index contributed by atoms with van der Waals surface area (Å²) in [6, 6.07) is 7.56. The zero-order valence-electron chi connectivity index (χ0n) is 13.7. The molecule has 2 rings (SSSR count). The number of benzene rings is 1. The molecule has 0 saturated carbocycles. The molecule has 1 amide bonds. The van der Waals surface area contributed by atoms with Crippen molar-refractivity contribution in [3.05, 3.63) is 48.6 Å². The number of nitrogens with zero attached hydrogens (tertiary/aromatic N) is 1. The number of morpholine rings is 1. The maximum Gasteiger partial charge on any atom is 0.331 e. The quantitative estimate of drug-likeness (QED) is 0.492. The highest BCUT2D eigenvalue weighted by molar-refractivity contribution is 5.93. The molecule has 6 heteroatoms. The van der Waals surface area contributed by atoms with Crippen LogP contribution in [-0.2, 0) is 19.1 Å². The Balaban J connectivity index is 1.78. The van der Waals surface area contributed by atoms with Crippen molar-refractivity contribution in [2.45, 2.75) is 6.92 Å². The zero-order valence-corrected chi connectivity index (χ0v) is 13.7. The number of hydrogen-bond acceptors (Lipinski definition) is 5. The Bertz CT molecular complexity index is 602. The molecule has 128 valence electrons. The van der Waals surface area contributed by atoms with Crippen LogP contribution in [0.3, 0.4) is 0 Å². The highest BCUT2D eigenvalue weighted by Gasteiger charge is 2.11. The smallest absolute Gasteiger partial charge is 0.331 e. The van der Waals surface area contributed by atoms with Crippen molar-refractivity contribution in [2.24, 2.45) is 0 Å². The maximum atomic E-state index is 11.8. The molecule has 0 aromatic heterocycles. The average Bonchev–Trinajstić information content (AvgIpc) is 2.62. The van der Waals surface area contributed by atoms with E-state index in [1.165, 1.54) is 6.08 Å². The summed E-state index contributed by atoms with van der Waals surface area (Å²) in [5, 5.41) is 2.70. The van der Waals surface area contributed by atoms with Crippen LogP contribution in [0.25, 0.3) is 0 Å². The third kappa shape index (κ3) is 5.89. The Labute approximate surface area is 141 Å². The normalized spacial score (nSPS) is 15.0. The summed E-state index contributed by atoms with van der Waals surface area (Å²) >= 11 is 0. The summed E-state index contributed by atoms with van der Waals surface area (Å²) in [6.45, 7) is 4.71. The van der Waals surface area contributed by atoms with Gasteiger partial charge in [0.25, 0.3) is 5.91 Å². The van der Waals surface area contributed by atoms with Crippen molar-refractivity contribution >= 4 is 23.3 Å². The van der Waals surface area contributed by atoms with Crippen LogP contribution in [-0.4, -0.2) is 44.8 Å². The fourth-order valence-electron chi connectivity index (χ4n) is 2.20. The van der Waals surface area contributed by atoms with Crippen LogP contribution in [0.1, 0.15) is 6.92 Å². The molecule has 24 heavy (non-hydrogen) atoms. The Morgan fingerprint density at radius 3 is 2.58 bits per heavy atom. The van der Waals surface area contributed by atoms with Gasteiger partial charge in [-0.05, 0) is 31.2 Å². The molecule has 1 saturated heterocycles. The van der Waals surface area contributed by atoms with Crippen LogP contribution in [0.2, 0.25) is 0 Å². The SMILES string of the molecule is C/C=C/C=C/C(=O)OCC(=O)Nc1ccc(N2CCOCC2)cc1. The van der Waals surface area contributed by atoms with E-state index in [0.717, 1.165) is 32.0 Å². The number of nitrogens with one attached hydrogen (secondary N) is 1. The molecular formula is C18H22N2O4. The molecule has 6 nitrogen and oxygen atoms in total. The number of allylic oxidation sites excluding steroid dienone is 3. The van der Waals surface area contributed by atoms with Gasteiger partial charge in [0.05, 0.1) is 13.2 Å². The van der Waals surface area contributed by atoms with Crippen LogP contribution in [0.4, 0.5) is 11.4 Å². The number of esters is 1. The predicted molar refractivity (Wildman–Crippen MR) is 93.0 cm³/mol. The van der Waals surface area contributed by atoms with Crippen molar-refractivity contribution in [1.82, 2.24) is 0 Å². The summed E-state index contributed by atoms with van der Waals surface area (Å²) in [5.41, 5.74) is 1.76.